The van der Waals surface area contributed by atoms with E-state index in [0.29, 0.717) is 18.9 Å². The van der Waals surface area contributed by atoms with Gasteiger partial charge in [-0.3, -0.25) is 4.79 Å². The average Bonchev–Trinajstić information content (AvgIpc) is 2.75. The van der Waals surface area contributed by atoms with Crippen LogP contribution in [0.1, 0.15) is 25.6 Å². The lowest BCUT2D eigenvalue weighted by Crippen LogP contribution is -2.03. The van der Waals surface area contributed by atoms with E-state index in [4.69, 9.17) is 0 Å². The molecule has 0 aliphatic heterocycles. The van der Waals surface area contributed by atoms with Gasteiger partial charge in [0.2, 0.25) is 0 Å². The summed E-state index contributed by atoms with van der Waals surface area (Å²) in [4.78, 5) is 26.1. The average molecular weight is 322 g/mol. The van der Waals surface area contributed by atoms with Crippen LogP contribution in [0.5, 0.6) is 0 Å². The minimum atomic E-state index is -0.514. The molecule has 0 radical (unpaired) electrons. The summed E-state index contributed by atoms with van der Waals surface area (Å²) < 4.78 is 4.68. The van der Waals surface area contributed by atoms with E-state index in [0.717, 1.165) is 11.8 Å². The molecule has 0 fully saturated rings. The van der Waals surface area contributed by atoms with E-state index in [2.05, 4.69) is 30.6 Å². The highest BCUT2D eigenvalue weighted by atomic mass is 79.9. The summed E-state index contributed by atoms with van der Waals surface area (Å²) in [6, 6.07) is 0. The number of halogens is 1. The first-order chi connectivity index (χ1) is 8.51. The van der Waals surface area contributed by atoms with Crippen LogP contribution in [0.4, 0.5) is 5.82 Å². The number of carbonyl (C=O) groups excluding carboxylic acids is 1. The third kappa shape index (κ3) is 7.77. The number of aromatic nitrogens is 2. The lowest BCUT2D eigenvalue weighted by Gasteiger charge is -1.97. The van der Waals surface area contributed by atoms with Crippen molar-refractivity contribution < 1.29 is 14.5 Å². The van der Waals surface area contributed by atoms with Crippen molar-refractivity contribution >= 4 is 27.7 Å². The molecule has 0 aromatic carbocycles. The van der Waals surface area contributed by atoms with Crippen molar-refractivity contribution in [3.05, 3.63) is 22.1 Å². The number of aryl methyl sites for hydroxylation is 1. The van der Waals surface area contributed by atoms with Gasteiger partial charge in [-0.25, -0.2) is 9.97 Å². The molecular formula is C10H16BrN3O4. The first-order valence-corrected chi connectivity index (χ1v) is 6.51. The SMILES string of the molecule is CCOC(=O)CCCBr.Cc1ncc([N+](=O)[O-])[nH]1. The number of ether oxygens (including phenoxy) is 1. The van der Waals surface area contributed by atoms with Crippen LogP contribution in [0.3, 0.4) is 0 Å². The molecule has 7 nitrogen and oxygen atoms in total. The number of carbonyl (C=O) groups is 1. The number of H-pyrrole nitrogens is 1. The maximum Gasteiger partial charge on any atom is 0.340 e. The zero-order valence-corrected chi connectivity index (χ0v) is 11.9. The number of nitrogens with one attached hydrogen (secondary N) is 1. The molecule has 0 saturated heterocycles. The zero-order chi connectivity index (χ0) is 14.0. The van der Waals surface area contributed by atoms with Crippen LogP contribution in [0.15, 0.2) is 6.20 Å². The number of nitro groups is 1. The third-order valence-corrected chi connectivity index (χ3v) is 2.27. The van der Waals surface area contributed by atoms with Gasteiger partial charge >= 0.3 is 11.8 Å². The largest absolute Gasteiger partial charge is 0.466 e. The van der Waals surface area contributed by atoms with Crippen molar-refractivity contribution in [3.63, 3.8) is 0 Å². The first kappa shape index (κ1) is 16.6. The maximum atomic E-state index is 10.6. The van der Waals surface area contributed by atoms with Gasteiger partial charge in [0.05, 0.1) is 6.61 Å². The molecule has 0 aliphatic carbocycles. The second-order valence-corrected chi connectivity index (χ2v) is 4.00. The van der Waals surface area contributed by atoms with Crippen molar-refractivity contribution in [3.8, 4) is 0 Å². The number of imidazole rings is 1. The number of hydrogen-bond acceptors (Lipinski definition) is 5. The van der Waals surface area contributed by atoms with Crippen LogP contribution in [0, 0.1) is 17.0 Å². The van der Waals surface area contributed by atoms with Crippen molar-refractivity contribution in [1.29, 1.82) is 0 Å². The van der Waals surface area contributed by atoms with Crippen LogP contribution in [0.25, 0.3) is 0 Å². The van der Waals surface area contributed by atoms with Gasteiger partial charge in [-0.15, -0.1) is 0 Å². The van der Waals surface area contributed by atoms with E-state index < -0.39 is 4.92 Å². The Hall–Kier alpha value is -1.44. The summed E-state index contributed by atoms with van der Waals surface area (Å²) in [5.74, 6) is 0.395. The van der Waals surface area contributed by atoms with Gasteiger partial charge in [-0.05, 0) is 18.3 Å². The van der Waals surface area contributed by atoms with Crippen LogP contribution in [-0.4, -0.2) is 32.8 Å². The molecular weight excluding hydrogens is 306 g/mol. The van der Waals surface area contributed by atoms with Gasteiger partial charge in [0.25, 0.3) is 0 Å². The standard InChI is InChI=1S/C6H11BrO2.C4H5N3O2/c1-2-9-6(8)4-3-5-7;1-3-5-2-4(6-3)7(8)9/h2-5H2,1H3;2H,1H3,(H,5,6). The van der Waals surface area contributed by atoms with Gasteiger partial charge in [-0.1, -0.05) is 15.9 Å². The first-order valence-electron chi connectivity index (χ1n) is 5.38. The number of rotatable bonds is 5. The zero-order valence-electron chi connectivity index (χ0n) is 10.3. The van der Waals surface area contributed by atoms with Gasteiger partial charge in [-0.2, -0.15) is 0 Å². The van der Waals surface area contributed by atoms with Gasteiger partial charge in [0.15, 0.2) is 5.82 Å². The number of hydrogen-bond donors (Lipinski definition) is 1. The van der Waals surface area contributed by atoms with Gasteiger partial charge < -0.3 is 14.9 Å². The summed E-state index contributed by atoms with van der Waals surface area (Å²) in [7, 11) is 0. The highest BCUT2D eigenvalue weighted by molar-refractivity contribution is 9.09. The molecule has 0 saturated carbocycles. The molecule has 0 spiro atoms. The Kier molecular flexibility index (Phi) is 8.81. The molecule has 8 heteroatoms. The Morgan fingerprint density at radius 1 is 1.67 bits per heavy atom. The third-order valence-electron chi connectivity index (χ3n) is 1.71. The predicted molar refractivity (Wildman–Crippen MR) is 69.6 cm³/mol. The molecule has 1 rings (SSSR count). The Bertz CT molecular complexity index is 381. The van der Waals surface area contributed by atoms with E-state index >= 15 is 0 Å². The summed E-state index contributed by atoms with van der Waals surface area (Å²) >= 11 is 3.22. The Morgan fingerprint density at radius 3 is 2.67 bits per heavy atom. The van der Waals surface area contributed by atoms with Crippen molar-refractivity contribution in [2.24, 2.45) is 0 Å². The fourth-order valence-electron chi connectivity index (χ4n) is 0.945. The predicted octanol–water partition coefficient (Wildman–Crippen LogP) is 2.35. The molecule has 0 atom stereocenters. The lowest BCUT2D eigenvalue weighted by molar-refractivity contribution is -0.389. The maximum absolute atomic E-state index is 10.6. The highest BCUT2D eigenvalue weighted by Gasteiger charge is 2.04. The van der Waals surface area contributed by atoms with E-state index in [1.54, 1.807) is 6.92 Å². The van der Waals surface area contributed by atoms with Crippen molar-refractivity contribution in [2.75, 3.05) is 11.9 Å². The fourth-order valence-corrected chi connectivity index (χ4v) is 1.23. The Labute approximate surface area is 113 Å². The quantitative estimate of drug-likeness (QED) is 0.388. The van der Waals surface area contributed by atoms with Gasteiger partial charge in [0.1, 0.15) is 6.20 Å². The number of nitrogens with zero attached hydrogens (tertiary/aromatic N) is 2. The molecule has 0 unspecified atom stereocenters. The minimum Gasteiger partial charge on any atom is -0.466 e. The smallest absolute Gasteiger partial charge is 0.340 e. The number of esters is 1. The minimum absolute atomic E-state index is 0.0625. The summed E-state index contributed by atoms with van der Waals surface area (Å²) in [5.41, 5.74) is 0. The molecule has 1 N–H and O–H groups in total. The molecule has 18 heavy (non-hydrogen) atoms. The van der Waals surface area contributed by atoms with Crippen LogP contribution in [0.2, 0.25) is 0 Å². The monoisotopic (exact) mass is 321 g/mol. The van der Waals surface area contributed by atoms with Crippen molar-refractivity contribution in [2.45, 2.75) is 26.7 Å². The summed E-state index contributed by atoms with van der Waals surface area (Å²) in [6.45, 7) is 3.96. The molecule has 0 bridgehead atoms. The van der Waals surface area contributed by atoms with Crippen molar-refractivity contribution in [1.82, 2.24) is 9.97 Å². The van der Waals surface area contributed by atoms with E-state index in [1.165, 1.54) is 6.20 Å². The fraction of sp³-hybridized carbons (Fsp3) is 0.600. The molecule has 102 valence electrons. The molecule has 1 aromatic heterocycles. The van der Waals surface area contributed by atoms with Gasteiger partial charge in [0, 0.05) is 18.7 Å². The van der Waals surface area contributed by atoms with E-state index in [-0.39, 0.29) is 11.8 Å². The second kappa shape index (κ2) is 9.58. The lowest BCUT2D eigenvalue weighted by atomic mass is 10.3. The molecule has 1 heterocycles. The second-order valence-electron chi connectivity index (χ2n) is 3.21. The van der Waals surface area contributed by atoms with Crippen LogP contribution in [-0.2, 0) is 9.53 Å². The van der Waals surface area contributed by atoms with E-state index in [1.807, 2.05) is 6.92 Å². The number of alkyl halides is 1. The summed E-state index contributed by atoms with van der Waals surface area (Å²) in [5, 5.41) is 10.8. The van der Waals surface area contributed by atoms with Crippen LogP contribution >= 0.6 is 15.9 Å². The Morgan fingerprint density at radius 2 is 2.33 bits per heavy atom. The molecule has 1 aromatic rings. The van der Waals surface area contributed by atoms with E-state index in [9.17, 15) is 14.9 Å². The molecule has 0 aliphatic rings. The summed E-state index contributed by atoms with van der Waals surface area (Å²) in [6.07, 6.45) is 2.58. The highest BCUT2D eigenvalue weighted by Crippen LogP contribution is 2.03. The topological polar surface area (TPSA) is 98.1 Å². The normalized spacial score (nSPS) is 9.28. The molecule has 0 amide bonds. The number of aromatic amines is 1. The van der Waals surface area contributed by atoms with Crippen LogP contribution < -0.4 is 0 Å². The Balaban J connectivity index is 0.000000321.